The van der Waals surface area contributed by atoms with Gasteiger partial charge in [-0.05, 0) is 20.7 Å². The molecule has 0 aliphatic rings. The van der Waals surface area contributed by atoms with Crippen molar-refractivity contribution in [3.63, 3.8) is 0 Å². The number of hydrogen-bond donors (Lipinski definition) is 0. The molecule has 0 N–H and O–H groups in total. The van der Waals surface area contributed by atoms with Crippen molar-refractivity contribution in [2.24, 2.45) is 0 Å². The molecule has 1 heterocycles. The van der Waals surface area contributed by atoms with E-state index in [1.807, 2.05) is 0 Å². The summed E-state index contributed by atoms with van der Waals surface area (Å²) in [6.07, 6.45) is -2.65. The van der Waals surface area contributed by atoms with E-state index >= 15 is 0 Å². The molecule has 1 aromatic carbocycles. The Hall–Kier alpha value is -0.0461. The second-order valence-corrected chi connectivity index (χ2v) is 5.71. The normalized spacial score (nSPS) is 10.5. The minimum absolute atomic E-state index is 0. The van der Waals surface area contributed by atoms with Crippen LogP contribution in [0.15, 0.2) is 29.1 Å². The Labute approximate surface area is 170 Å². The van der Waals surface area contributed by atoms with E-state index in [1.54, 1.807) is 40.8 Å². The van der Waals surface area contributed by atoms with Crippen LogP contribution in [-0.4, -0.2) is 18.1 Å². The molecule has 0 saturated carbocycles. The van der Waals surface area contributed by atoms with Crippen LogP contribution < -0.4 is 10.3 Å². The molecule has 1 aromatic heterocycles. The zero-order valence-corrected chi connectivity index (χ0v) is 17.2. The number of nitrogens with zero attached hydrogens (tertiary/aromatic N) is 1. The van der Waals surface area contributed by atoms with Crippen LogP contribution in [0.25, 0.3) is 11.3 Å². The monoisotopic (exact) mass is 513 g/mol. The second-order valence-electron chi connectivity index (χ2n) is 4.14. The molecule has 0 unspecified atom stereocenters. The standard InChI is InChI=1S/C14H10ClF2INO2.Y/c1-21-8-2-3-9(10(15)6-8)12-5-4-11(18)14(20)19(12)7-13(16)17;/h2-4,6,13H,7H2,1H3;/q-1;. The van der Waals surface area contributed by atoms with Crippen molar-refractivity contribution in [1.29, 1.82) is 0 Å². The molecule has 0 amide bonds. The number of hydrogen-bond acceptors (Lipinski definition) is 2. The molecule has 1 radical (unpaired) electrons. The quantitative estimate of drug-likeness (QED) is 0.460. The molecule has 115 valence electrons. The Kier molecular flexibility index (Phi) is 7.92. The predicted molar refractivity (Wildman–Crippen MR) is 85.3 cm³/mol. The summed E-state index contributed by atoms with van der Waals surface area (Å²) in [4.78, 5) is 12.1. The Morgan fingerprint density at radius 1 is 1.45 bits per heavy atom. The molecule has 2 rings (SSSR count). The van der Waals surface area contributed by atoms with Crippen LogP contribution in [0.3, 0.4) is 0 Å². The van der Waals surface area contributed by atoms with Crippen molar-refractivity contribution in [2.75, 3.05) is 7.11 Å². The molecule has 0 spiro atoms. The molecule has 0 fully saturated rings. The molecular weight excluding hydrogens is 503 g/mol. The van der Waals surface area contributed by atoms with E-state index in [4.69, 9.17) is 16.3 Å². The minimum Gasteiger partial charge on any atom is -0.497 e. The number of aromatic nitrogens is 1. The third-order valence-electron chi connectivity index (χ3n) is 2.81. The van der Waals surface area contributed by atoms with E-state index in [0.29, 0.717) is 19.9 Å². The van der Waals surface area contributed by atoms with Gasteiger partial charge in [-0.2, -0.15) is 12.1 Å². The first-order valence-corrected chi connectivity index (χ1v) is 7.32. The SMILES string of the molecule is COc1ccc(-c2[c-]cc(I)c(=O)n2CC(F)F)c(Cl)c1.[Y]. The number of rotatable bonds is 4. The Balaban J connectivity index is 0.00000242. The topological polar surface area (TPSA) is 31.2 Å². The third-order valence-corrected chi connectivity index (χ3v) is 3.89. The van der Waals surface area contributed by atoms with E-state index < -0.39 is 18.5 Å². The van der Waals surface area contributed by atoms with Crippen molar-refractivity contribution < 1.29 is 46.2 Å². The summed E-state index contributed by atoms with van der Waals surface area (Å²) in [7, 11) is 1.50. The van der Waals surface area contributed by atoms with Crippen LogP contribution in [0.2, 0.25) is 5.02 Å². The fraction of sp³-hybridized carbons (Fsp3) is 0.214. The van der Waals surface area contributed by atoms with Crippen LogP contribution in [-0.2, 0) is 39.3 Å². The van der Waals surface area contributed by atoms with E-state index in [9.17, 15) is 13.6 Å². The zero-order chi connectivity index (χ0) is 15.6. The van der Waals surface area contributed by atoms with Gasteiger partial charge in [0.25, 0.3) is 6.43 Å². The van der Waals surface area contributed by atoms with Gasteiger partial charge in [0.2, 0.25) is 5.56 Å². The van der Waals surface area contributed by atoms with Crippen molar-refractivity contribution in [3.8, 4) is 17.0 Å². The summed E-state index contributed by atoms with van der Waals surface area (Å²) in [6.45, 7) is -0.704. The van der Waals surface area contributed by atoms with Gasteiger partial charge in [-0.1, -0.05) is 22.9 Å². The van der Waals surface area contributed by atoms with Gasteiger partial charge in [0.1, 0.15) is 5.75 Å². The summed E-state index contributed by atoms with van der Waals surface area (Å²) in [5.41, 5.74) is 0.191. The first-order chi connectivity index (χ1) is 9.93. The number of ether oxygens (including phenoxy) is 1. The number of halogens is 4. The average molecular weight is 513 g/mol. The minimum atomic E-state index is -2.65. The van der Waals surface area contributed by atoms with Gasteiger partial charge >= 0.3 is 0 Å². The van der Waals surface area contributed by atoms with Crippen LogP contribution >= 0.6 is 34.2 Å². The van der Waals surface area contributed by atoms with Gasteiger partial charge in [0, 0.05) is 32.7 Å². The van der Waals surface area contributed by atoms with Crippen molar-refractivity contribution in [2.45, 2.75) is 13.0 Å². The smallest absolute Gasteiger partial charge is 0.256 e. The maximum atomic E-state index is 12.7. The van der Waals surface area contributed by atoms with Crippen LogP contribution in [0.4, 0.5) is 8.78 Å². The van der Waals surface area contributed by atoms with Crippen molar-refractivity contribution in [1.82, 2.24) is 4.57 Å². The van der Waals surface area contributed by atoms with Gasteiger partial charge in [0.15, 0.2) is 0 Å². The molecule has 3 nitrogen and oxygen atoms in total. The maximum absolute atomic E-state index is 12.7. The fourth-order valence-electron chi connectivity index (χ4n) is 1.85. The van der Waals surface area contributed by atoms with Crippen LogP contribution in [0.1, 0.15) is 0 Å². The Morgan fingerprint density at radius 3 is 2.68 bits per heavy atom. The second kappa shape index (κ2) is 8.71. The first-order valence-electron chi connectivity index (χ1n) is 5.87. The van der Waals surface area contributed by atoms with Gasteiger partial charge in [-0.3, -0.25) is 4.79 Å². The summed E-state index contributed by atoms with van der Waals surface area (Å²) >= 11 is 7.93. The van der Waals surface area contributed by atoms with Crippen LogP contribution in [0, 0.1) is 9.64 Å². The Morgan fingerprint density at radius 2 is 2.14 bits per heavy atom. The molecule has 2 aromatic rings. The number of alkyl halides is 2. The molecule has 0 aliphatic carbocycles. The van der Waals surface area contributed by atoms with Gasteiger partial charge < -0.3 is 9.30 Å². The summed E-state index contributed by atoms with van der Waals surface area (Å²) in [5.74, 6) is 0.539. The number of methoxy groups -OCH3 is 1. The molecule has 0 saturated heterocycles. The summed E-state index contributed by atoms with van der Waals surface area (Å²) in [5, 5.41) is 0.300. The molecule has 0 aliphatic heterocycles. The van der Waals surface area contributed by atoms with E-state index in [1.165, 1.54) is 13.2 Å². The third kappa shape index (κ3) is 4.49. The van der Waals surface area contributed by atoms with Crippen molar-refractivity contribution >= 4 is 34.2 Å². The summed E-state index contributed by atoms with van der Waals surface area (Å²) in [6, 6.07) is 9.11. The van der Waals surface area contributed by atoms with Crippen molar-refractivity contribution in [3.05, 3.63) is 49.3 Å². The largest absolute Gasteiger partial charge is 0.497 e. The number of benzene rings is 1. The van der Waals surface area contributed by atoms with E-state index in [2.05, 4.69) is 6.07 Å². The van der Waals surface area contributed by atoms with Gasteiger partial charge in [-0.25, -0.2) is 8.78 Å². The van der Waals surface area contributed by atoms with E-state index in [0.717, 1.165) is 4.57 Å². The molecule has 0 bridgehead atoms. The van der Waals surface area contributed by atoms with Gasteiger partial charge in [-0.15, -0.1) is 28.7 Å². The molecule has 22 heavy (non-hydrogen) atoms. The zero-order valence-electron chi connectivity index (χ0n) is 11.4. The summed E-state index contributed by atoms with van der Waals surface area (Å²) < 4.78 is 31.8. The number of pyridine rings is 1. The maximum Gasteiger partial charge on any atom is 0.256 e. The first kappa shape index (κ1) is 20.0. The average Bonchev–Trinajstić information content (AvgIpc) is 2.44. The predicted octanol–water partition coefficient (Wildman–Crippen LogP) is 3.84. The Bertz CT molecular complexity index is 724. The molecule has 8 heteroatoms. The molecule has 0 atom stereocenters. The fourth-order valence-corrected chi connectivity index (χ4v) is 2.56. The van der Waals surface area contributed by atoms with Gasteiger partial charge in [0.05, 0.1) is 13.7 Å². The van der Waals surface area contributed by atoms with Crippen LogP contribution in [0.5, 0.6) is 5.75 Å². The molecular formula is C14H10ClF2INO2Y-. The van der Waals surface area contributed by atoms with E-state index in [-0.39, 0.29) is 38.4 Å².